The number of hydrogen-bond donors (Lipinski definition) is 2. The number of ether oxygens (including phenoxy) is 1. The molecule has 2 aromatic rings. The lowest BCUT2D eigenvalue weighted by Gasteiger charge is -2.06. The summed E-state index contributed by atoms with van der Waals surface area (Å²) in [5.41, 5.74) is 1.26. The zero-order valence-electron chi connectivity index (χ0n) is 14.3. The molecule has 0 spiro atoms. The molecule has 0 aliphatic carbocycles. The van der Waals surface area contributed by atoms with Crippen LogP contribution in [0.5, 0.6) is 5.75 Å². The van der Waals surface area contributed by atoms with Crippen LogP contribution < -0.4 is 15.4 Å². The molecule has 2 amide bonds. The van der Waals surface area contributed by atoms with Gasteiger partial charge in [0.2, 0.25) is 11.8 Å². The van der Waals surface area contributed by atoms with Crippen molar-refractivity contribution in [3.63, 3.8) is 0 Å². The summed E-state index contributed by atoms with van der Waals surface area (Å²) < 4.78 is 6.55. The molecule has 1 aromatic heterocycles. The molecule has 134 valence electrons. The Morgan fingerprint density at radius 1 is 1.16 bits per heavy atom. The highest BCUT2D eigenvalue weighted by Gasteiger charge is 2.08. The van der Waals surface area contributed by atoms with Gasteiger partial charge < -0.3 is 15.4 Å². The summed E-state index contributed by atoms with van der Waals surface area (Å²) in [5, 5.41) is 9.64. The number of benzene rings is 1. The number of nitrogens with one attached hydrogen (secondary N) is 2. The number of carbonyl (C=O) groups is 2. The number of methoxy groups -OCH3 is 1. The molecule has 0 aliphatic rings. The second kappa shape index (κ2) is 9.73. The van der Waals surface area contributed by atoms with Crippen molar-refractivity contribution in [1.29, 1.82) is 0 Å². The smallest absolute Gasteiger partial charge is 0.246 e. The first kappa shape index (κ1) is 18.9. The number of anilines is 2. The molecule has 0 aliphatic heterocycles. The van der Waals surface area contributed by atoms with E-state index in [2.05, 4.69) is 22.7 Å². The largest absolute Gasteiger partial charge is 0.497 e. The second-order valence-corrected chi connectivity index (χ2v) is 6.41. The maximum atomic E-state index is 12.0. The summed E-state index contributed by atoms with van der Waals surface area (Å²) >= 11 is 1.59. The van der Waals surface area contributed by atoms with E-state index in [1.54, 1.807) is 49.3 Å². The van der Waals surface area contributed by atoms with Crippen LogP contribution >= 0.6 is 11.8 Å². The van der Waals surface area contributed by atoms with E-state index in [4.69, 9.17) is 4.74 Å². The topological polar surface area (TPSA) is 85.2 Å². The number of nitrogens with zero attached hydrogens (tertiary/aromatic N) is 2. The number of rotatable bonds is 9. The van der Waals surface area contributed by atoms with Crippen molar-refractivity contribution in [1.82, 2.24) is 9.78 Å². The van der Waals surface area contributed by atoms with E-state index in [9.17, 15) is 9.59 Å². The van der Waals surface area contributed by atoms with Gasteiger partial charge in [0.1, 0.15) is 12.3 Å². The van der Waals surface area contributed by atoms with Crippen LogP contribution in [0.1, 0.15) is 13.3 Å². The molecule has 0 unspecified atom stereocenters. The lowest BCUT2D eigenvalue weighted by atomic mass is 10.3. The highest BCUT2D eigenvalue weighted by Crippen LogP contribution is 2.15. The first-order valence-corrected chi connectivity index (χ1v) is 9.10. The van der Waals surface area contributed by atoms with Crippen LogP contribution in [0.3, 0.4) is 0 Å². The SMILES string of the molecule is CCCSCC(=O)Nc1cnn(CC(=O)Nc2ccc(OC)cc2)c1. The van der Waals surface area contributed by atoms with Crippen molar-refractivity contribution >= 4 is 35.0 Å². The van der Waals surface area contributed by atoms with Crippen LogP contribution in [0.4, 0.5) is 11.4 Å². The van der Waals surface area contributed by atoms with Crippen molar-refractivity contribution in [2.24, 2.45) is 0 Å². The molecule has 0 bridgehead atoms. The van der Waals surface area contributed by atoms with E-state index in [1.807, 2.05) is 0 Å². The van der Waals surface area contributed by atoms with Crippen molar-refractivity contribution in [3.05, 3.63) is 36.7 Å². The van der Waals surface area contributed by atoms with Crippen LogP contribution in [-0.4, -0.2) is 40.2 Å². The van der Waals surface area contributed by atoms with Crippen molar-refractivity contribution < 1.29 is 14.3 Å². The summed E-state index contributed by atoms with van der Waals surface area (Å²) in [6, 6.07) is 7.07. The summed E-state index contributed by atoms with van der Waals surface area (Å²) in [7, 11) is 1.59. The number of carbonyl (C=O) groups excluding carboxylic acids is 2. The van der Waals surface area contributed by atoms with Gasteiger partial charge in [0.25, 0.3) is 0 Å². The quantitative estimate of drug-likeness (QED) is 0.670. The fraction of sp³-hybridized carbons (Fsp3) is 0.353. The van der Waals surface area contributed by atoms with Gasteiger partial charge in [0.15, 0.2) is 0 Å². The maximum absolute atomic E-state index is 12.0. The molecule has 0 saturated heterocycles. The Kier molecular flexibility index (Phi) is 7.34. The van der Waals surface area contributed by atoms with Gasteiger partial charge in [-0.2, -0.15) is 16.9 Å². The van der Waals surface area contributed by atoms with Crippen LogP contribution in [0.15, 0.2) is 36.7 Å². The number of hydrogen-bond acceptors (Lipinski definition) is 5. The third-order valence-corrected chi connectivity index (χ3v) is 4.34. The molecular weight excluding hydrogens is 340 g/mol. The first-order chi connectivity index (χ1) is 12.1. The van der Waals surface area contributed by atoms with Gasteiger partial charge in [-0.3, -0.25) is 14.3 Å². The molecule has 0 atom stereocenters. The Hall–Kier alpha value is -2.48. The van der Waals surface area contributed by atoms with Crippen molar-refractivity contribution in [2.45, 2.75) is 19.9 Å². The summed E-state index contributed by atoms with van der Waals surface area (Å²) in [6.07, 6.45) is 4.21. The molecule has 7 nitrogen and oxygen atoms in total. The van der Waals surface area contributed by atoms with Crippen LogP contribution in [0.25, 0.3) is 0 Å². The molecule has 2 N–H and O–H groups in total. The van der Waals surface area contributed by atoms with Gasteiger partial charge in [-0.05, 0) is 36.4 Å². The number of amides is 2. The molecule has 0 radical (unpaired) electrons. The Balaban J connectivity index is 1.81. The van der Waals surface area contributed by atoms with E-state index in [-0.39, 0.29) is 18.4 Å². The third kappa shape index (κ3) is 6.50. The first-order valence-electron chi connectivity index (χ1n) is 7.94. The Morgan fingerprint density at radius 2 is 1.88 bits per heavy atom. The van der Waals surface area contributed by atoms with Gasteiger partial charge in [0, 0.05) is 11.9 Å². The molecular formula is C17H22N4O3S. The van der Waals surface area contributed by atoms with Crippen molar-refractivity contribution in [2.75, 3.05) is 29.2 Å². The monoisotopic (exact) mass is 362 g/mol. The normalized spacial score (nSPS) is 10.3. The standard InChI is InChI=1S/C17H22N4O3S/c1-3-8-25-12-17(23)20-14-9-18-21(10-14)11-16(22)19-13-4-6-15(24-2)7-5-13/h4-7,9-10H,3,8,11-12H2,1-2H3,(H,19,22)(H,20,23). The highest BCUT2D eigenvalue weighted by atomic mass is 32.2. The van der Waals surface area contributed by atoms with Gasteiger partial charge in [0.05, 0.1) is 24.7 Å². The van der Waals surface area contributed by atoms with E-state index in [0.29, 0.717) is 17.1 Å². The van der Waals surface area contributed by atoms with Crippen LogP contribution in [0.2, 0.25) is 0 Å². The Morgan fingerprint density at radius 3 is 2.56 bits per heavy atom. The van der Waals surface area contributed by atoms with Gasteiger partial charge in [-0.15, -0.1) is 0 Å². The van der Waals surface area contributed by atoms with Crippen LogP contribution in [-0.2, 0) is 16.1 Å². The minimum atomic E-state index is -0.204. The number of thioether (sulfide) groups is 1. The molecule has 1 aromatic carbocycles. The van der Waals surface area contributed by atoms with Crippen molar-refractivity contribution in [3.8, 4) is 5.75 Å². The fourth-order valence-corrected chi connectivity index (χ4v) is 2.73. The van der Waals surface area contributed by atoms with Gasteiger partial charge in [-0.1, -0.05) is 6.92 Å². The lowest BCUT2D eigenvalue weighted by Crippen LogP contribution is -2.19. The molecule has 0 fully saturated rings. The molecule has 25 heavy (non-hydrogen) atoms. The van der Waals surface area contributed by atoms with E-state index >= 15 is 0 Å². The summed E-state index contributed by atoms with van der Waals surface area (Å²) in [6.45, 7) is 2.14. The highest BCUT2D eigenvalue weighted by molar-refractivity contribution is 7.99. The van der Waals surface area contributed by atoms with E-state index in [1.165, 1.54) is 10.9 Å². The Bertz CT molecular complexity index is 700. The maximum Gasteiger partial charge on any atom is 0.246 e. The van der Waals surface area contributed by atoms with Gasteiger partial charge >= 0.3 is 0 Å². The number of aromatic nitrogens is 2. The average Bonchev–Trinajstić information content (AvgIpc) is 3.02. The fourth-order valence-electron chi connectivity index (χ4n) is 2.04. The average molecular weight is 362 g/mol. The summed E-state index contributed by atoms with van der Waals surface area (Å²) in [4.78, 5) is 23.8. The van der Waals surface area contributed by atoms with E-state index in [0.717, 1.165) is 17.9 Å². The lowest BCUT2D eigenvalue weighted by molar-refractivity contribution is -0.117. The minimum Gasteiger partial charge on any atom is -0.497 e. The molecule has 2 rings (SSSR count). The molecule has 8 heteroatoms. The third-order valence-electron chi connectivity index (χ3n) is 3.18. The molecule has 0 saturated carbocycles. The zero-order chi connectivity index (χ0) is 18.1. The zero-order valence-corrected chi connectivity index (χ0v) is 15.1. The van der Waals surface area contributed by atoms with E-state index < -0.39 is 0 Å². The Labute approximate surface area is 151 Å². The summed E-state index contributed by atoms with van der Waals surface area (Å²) in [5.74, 6) is 1.82. The predicted octanol–water partition coefficient (Wildman–Crippen LogP) is 2.61. The van der Waals surface area contributed by atoms with Crippen LogP contribution in [0, 0.1) is 0 Å². The second-order valence-electron chi connectivity index (χ2n) is 5.30. The minimum absolute atomic E-state index is 0.0620. The molecule has 1 heterocycles. The van der Waals surface area contributed by atoms with Gasteiger partial charge in [-0.25, -0.2) is 0 Å². The predicted molar refractivity (Wildman–Crippen MR) is 100 cm³/mol.